The van der Waals surface area contributed by atoms with Crippen molar-refractivity contribution in [1.29, 1.82) is 0 Å². The number of rotatable bonds is 7. The number of imidazole rings is 1. The van der Waals surface area contributed by atoms with E-state index >= 15 is 0 Å². The molecule has 1 aliphatic rings. The molecular formula is C22H26ClN5O4. The summed E-state index contributed by atoms with van der Waals surface area (Å²) >= 11 is 6.20. The van der Waals surface area contributed by atoms with E-state index in [4.69, 9.17) is 31.5 Å². The van der Waals surface area contributed by atoms with E-state index in [0.29, 0.717) is 30.6 Å². The van der Waals surface area contributed by atoms with Crippen molar-refractivity contribution in [2.75, 3.05) is 5.73 Å². The standard InChI is InChI=1S/C22H26ClN5O4/c1-4-22(5-2)17(30-11-14-9-7-6-8-10-14)16(31-13(3)29)20(32-22)28-12-25-15-18(23)26-21(24)27-19(15)28/h6-10,12,16-17,20H,4-5,11H2,1-3H3,(H2,24,26,27)/t16-,17?,20+/m0/s1. The summed E-state index contributed by atoms with van der Waals surface area (Å²) in [5.74, 6) is -0.420. The number of aromatic nitrogens is 4. The predicted octanol–water partition coefficient (Wildman–Crippen LogP) is 3.67. The van der Waals surface area contributed by atoms with Crippen LogP contribution in [-0.2, 0) is 25.6 Å². The Bertz CT molecular complexity index is 1100. The Hall–Kier alpha value is -2.75. The second-order valence-corrected chi connectivity index (χ2v) is 8.13. The first kappa shape index (κ1) is 22.4. The third-order valence-corrected chi connectivity index (χ3v) is 6.16. The molecule has 0 radical (unpaired) electrons. The molecule has 0 aliphatic carbocycles. The predicted molar refractivity (Wildman–Crippen MR) is 119 cm³/mol. The lowest BCUT2D eigenvalue weighted by Crippen LogP contribution is -2.45. The second kappa shape index (κ2) is 9.01. The maximum Gasteiger partial charge on any atom is 0.303 e. The first-order valence-corrected chi connectivity index (χ1v) is 10.9. The van der Waals surface area contributed by atoms with E-state index in [2.05, 4.69) is 15.0 Å². The lowest BCUT2D eigenvalue weighted by molar-refractivity contribution is -0.158. The highest BCUT2D eigenvalue weighted by atomic mass is 35.5. The minimum Gasteiger partial charge on any atom is -0.455 e. The zero-order chi connectivity index (χ0) is 22.9. The smallest absolute Gasteiger partial charge is 0.303 e. The average molecular weight is 460 g/mol. The topological polar surface area (TPSA) is 114 Å². The largest absolute Gasteiger partial charge is 0.455 e. The first-order chi connectivity index (χ1) is 15.4. The number of hydrogen-bond donors (Lipinski definition) is 1. The number of benzene rings is 1. The van der Waals surface area contributed by atoms with Crippen molar-refractivity contribution in [2.24, 2.45) is 0 Å². The summed E-state index contributed by atoms with van der Waals surface area (Å²) in [7, 11) is 0. The number of nitrogen functional groups attached to an aromatic ring is 1. The van der Waals surface area contributed by atoms with Gasteiger partial charge in [0.1, 0.15) is 17.2 Å². The van der Waals surface area contributed by atoms with Gasteiger partial charge in [0.2, 0.25) is 5.95 Å². The van der Waals surface area contributed by atoms with Crippen molar-refractivity contribution in [1.82, 2.24) is 19.5 Å². The van der Waals surface area contributed by atoms with Gasteiger partial charge < -0.3 is 19.9 Å². The number of fused-ring (bicyclic) bond motifs is 1. The molecule has 0 saturated carbocycles. The molecule has 32 heavy (non-hydrogen) atoms. The Labute approximate surface area is 190 Å². The van der Waals surface area contributed by atoms with Crippen molar-refractivity contribution in [3.63, 3.8) is 0 Å². The van der Waals surface area contributed by atoms with Crippen molar-refractivity contribution in [2.45, 2.75) is 64.3 Å². The molecule has 2 N–H and O–H groups in total. The molecule has 2 aromatic heterocycles. The molecule has 1 aromatic carbocycles. The zero-order valence-corrected chi connectivity index (χ0v) is 19.0. The van der Waals surface area contributed by atoms with E-state index in [9.17, 15) is 4.79 Å². The molecule has 9 nitrogen and oxygen atoms in total. The van der Waals surface area contributed by atoms with Crippen LogP contribution in [0.4, 0.5) is 5.95 Å². The van der Waals surface area contributed by atoms with Gasteiger partial charge in [0, 0.05) is 6.92 Å². The van der Waals surface area contributed by atoms with Crippen LogP contribution in [-0.4, -0.2) is 43.3 Å². The Morgan fingerprint density at radius 2 is 1.97 bits per heavy atom. The molecule has 170 valence electrons. The maximum atomic E-state index is 12.1. The van der Waals surface area contributed by atoms with Gasteiger partial charge in [-0.15, -0.1) is 0 Å². The average Bonchev–Trinajstić information content (AvgIpc) is 3.32. The van der Waals surface area contributed by atoms with Crippen LogP contribution in [0.3, 0.4) is 0 Å². The highest BCUT2D eigenvalue weighted by molar-refractivity contribution is 6.33. The highest BCUT2D eigenvalue weighted by Crippen LogP contribution is 2.45. The van der Waals surface area contributed by atoms with Gasteiger partial charge >= 0.3 is 5.97 Å². The van der Waals surface area contributed by atoms with Gasteiger partial charge in [-0.1, -0.05) is 55.8 Å². The number of halogens is 1. The number of esters is 1. The summed E-state index contributed by atoms with van der Waals surface area (Å²) in [5, 5.41) is 0.141. The van der Waals surface area contributed by atoms with Gasteiger partial charge in [-0.05, 0) is 18.4 Å². The molecule has 0 spiro atoms. The fourth-order valence-electron chi connectivity index (χ4n) is 4.26. The Morgan fingerprint density at radius 1 is 1.25 bits per heavy atom. The second-order valence-electron chi connectivity index (χ2n) is 7.77. The van der Waals surface area contributed by atoms with E-state index in [-0.39, 0.29) is 11.1 Å². The van der Waals surface area contributed by atoms with Gasteiger partial charge in [0.15, 0.2) is 23.1 Å². The first-order valence-electron chi connectivity index (χ1n) is 10.5. The van der Waals surface area contributed by atoms with Crippen LogP contribution in [0.5, 0.6) is 0 Å². The summed E-state index contributed by atoms with van der Waals surface area (Å²) < 4.78 is 20.4. The van der Waals surface area contributed by atoms with Crippen molar-refractivity contribution >= 4 is 34.7 Å². The van der Waals surface area contributed by atoms with E-state index in [1.54, 1.807) is 10.9 Å². The molecular weight excluding hydrogens is 434 g/mol. The SMILES string of the molecule is CCC1(CC)O[C@@H](n2cnc3c(Cl)nc(N)nc32)[C@@H](OC(C)=O)C1OCc1ccccc1. The monoisotopic (exact) mass is 459 g/mol. The van der Waals surface area contributed by atoms with Crippen LogP contribution in [0.2, 0.25) is 5.15 Å². The van der Waals surface area contributed by atoms with Crippen LogP contribution in [0.1, 0.15) is 45.4 Å². The van der Waals surface area contributed by atoms with E-state index < -0.39 is 30.0 Å². The highest BCUT2D eigenvalue weighted by Gasteiger charge is 2.57. The summed E-state index contributed by atoms with van der Waals surface area (Å²) in [4.78, 5) is 24.6. The van der Waals surface area contributed by atoms with Gasteiger partial charge in [-0.25, -0.2) is 4.98 Å². The molecule has 1 saturated heterocycles. The fourth-order valence-corrected chi connectivity index (χ4v) is 4.48. The van der Waals surface area contributed by atoms with Gasteiger partial charge in [0.05, 0.1) is 12.9 Å². The lowest BCUT2D eigenvalue weighted by atomic mass is 9.89. The number of nitrogens with two attached hydrogens (primary N) is 1. The van der Waals surface area contributed by atoms with E-state index in [0.717, 1.165) is 5.56 Å². The molecule has 10 heteroatoms. The molecule has 1 unspecified atom stereocenters. The number of ether oxygens (including phenoxy) is 3. The maximum absolute atomic E-state index is 12.1. The van der Waals surface area contributed by atoms with Gasteiger partial charge in [-0.3, -0.25) is 9.36 Å². The number of nitrogens with zero attached hydrogens (tertiary/aromatic N) is 4. The summed E-state index contributed by atoms with van der Waals surface area (Å²) in [6.45, 7) is 5.77. The molecule has 1 fully saturated rings. The van der Waals surface area contributed by atoms with Gasteiger partial charge in [0.25, 0.3) is 0 Å². The van der Waals surface area contributed by atoms with Crippen molar-refractivity contribution < 1.29 is 19.0 Å². The number of carbonyl (C=O) groups is 1. The molecule has 4 rings (SSSR count). The quantitative estimate of drug-likeness (QED) is 0.420. The van der Waals surface area contributed by atoms with Crippen LogP contribution in [0.15, 0.2) is 36.7 Å². The van der Waals surface area contributed by atoms with Crippen LogP contribution in [0, 0.1) is 0 Å². The Morgan fingerprint density at radius 3 is 2.62 bits per heavy atom. The summed E-state index contributed by atoms with van der Waals surface area (Å²) in [6.07, 6.45) is 0.877. The van der Waals surface area contributed by atoms with Crippen molar-refractivity contribution in [3.05, 3.63) is 47.4 Å². The van der Waals surface area contributed by atoms with Crippen LogP contribution < -0.4 is 5.73 Å². The summed E-state index contributed by atoms with van der Waals surface area (Å²) in [5.41, 5.74) is 6.93. The zero-order valence-electron chi connectivity index (χ0n) is 18.2. The van der Waals surface area contributed by atoms with Gasteiger partial charge in [-0.2, -0.15) is 9.97 Å². The normalized spacial score (nSPS) is 22.3. The third-order valence-electron chi connectivity index (χ3n) is 5.90. The molecule has 1 aliphatic heterocycles. The van der Waals surface area contributed by atoms with Crippen LogP contribution >= 0.6 is 11.6 Å². The lowest BCUT2D eigenvalue weighted by Gasteiger charge is -2.33. The molecule has 3 aromatic rings. The molecule has 3 heterocycles. The minimum absolute atomic E-state index is 0.0143. The van der Waals surface area contributed by atoms with E-state index in [1.807, 2.05) is 44.2 Å². The Balaban J connectivity index is 1.76. The number of hydrogen-bond acceptors (Lipinski definition) is 8. The third kappa shape index (κ3) is 4.03. The van der Waals surface area contributed by atoms with Crippen molar-refractivity contribution in [3.8, 4) is 0 Å². The molecule has 3 atom stereocenters. The van der Waals surface area contributed by atoms with Crippen LogP contribution in [0.25, 0.3) is 11.2 Å². The summed E-state index contributed by atoms with van der Waals surface area (Å²) in [6, 6.07) is 9.83. The molecule has 0 amide bonds. The Kier molecular flexibility index (Phi) is 6.32. The fraction of sp³-hybridized carbons (Fsp3) is 0.455. The number of carbonyl (C=O) groups excluding carboxylic acids is 1. The number of anilines is 1. The minimum atomic E-state index is -0.733. The molecule has 0 bridgehead atoms. The van der Waals surface area contributed by atoms with E-state index in [1.165, 1.54) is 6.92 Å².